The summed E-state index contributed by atoms with van der Waals surface area (Å²) in [6.07, 6.45) is 2.95. The van der Waals surface area contributed by atoms with Gasteiger partial charge in [-0.3, -0.25) is 4.79 Å². The molecular formula is C12H11BrN4O2. The number of hydrogen-bond donors (Lipinski definition) is 2. The Balaban J connectivity index is 2.18. The van der Waals surface area contributed by atoms with E-state index in [1.165, 1.54) is 19.5 Å². The minimum absolute atomic E-state index is 0.310. The Labute approximate surface area is 118 Å². The van der Waals surface area contributed by atoms with Crippen LogP contribution in [0, 0.1) is 0 Å². The molecule has 0 unspecified atom stereocenters. The van der Waals surface area contributed by atoms with Gasteiger partial charge in [-0.2, -0.15) is 0 Å². The summed E-state index contributed by atoms with van der Waals surface area (Å²) in [5, 5.41) is 2.63. The lowest BCUT2D eigenvalue weighted by Gasteiger charge is -2.07. The largest absolute Gasteiger partial charge is 0.495 e. The van der Waals surface area contributed by atoms with Crippen LogP contribution < -0.4 is 15.8 Å². The molecule has 1 amide bonds. The second-order valence-corrected chi connectivity index (χ2v) is 4.45. The fourth-order valence-corrected chi connectivity index (χ4v) is 1.62. The van der Waals surface area contributed by atoms with Crippen LogP contribution in [0.15, 0.2) is 35.2 Å². The smallest absolute Gasteiger partial charge is 0.256 e. The number of hydrogen-bond acceptors (Lipinski definition) is 5. The molecule has 0 radical (unpaired) electrons. The first kappa shape index (κ1) is 13.3. The third-order valence-electron chi connectivity index (χ3n) is 2.36. The maximum absolute atomic E-state index is 12.0. The predicted molar refractivity (Wildman–Crippen MR) is 75.1 cm³/mol. The number of rotatable bonds is 3. The molecule has 0 aliphatic heterocycles. The van der Waals surface area contributed by atoms with E-state index in [1.807, 2.05) is 0 Å². The summed E-state index contributed by atoms with van der Waals surface area (Å²) < 4.78 is 5.66. The number of benzene rings is 1. The summed E-state index contributed by atoms with van der Waals surface area (Å²) in [5.41, 5.74) is 6.59. The van der Waals surface area contributed by atoms with Crippen LogP contribution in [-0.4, -0.2) is 23.0 Å². The van der Waals surface area contributed by atoms with E-state index < -0.39 is 0 Å². The van der Waals surface area contributed by atoms with Crippen molar-refractivity contribution in [3.8, 4) is 5.75 Å². The van der Waals surface area contributed by atoms with E-state index in [-0.39, 0.29) is 5.91 Å². The predicted octanol–water partition coefficient (Wildman–Crippen LogP) is 2.08. The van der Waals surface area contributed by atoms with Crippen LogP contribution in [-0.2, 0) is 0 Å². The van der Waals surface area contributed by atoms with Gasteiger partial charge in [0.2, 0.25) is 0 Å². The minimum Gasteiger partial charge on any atom is -0.495 e. The number of methoxy groups -OCH3 is 1. The monoisotopic (exact) mass is 322 g/mol. The number of carbonyl (C=O) groups excluding carboxylic acids is 1. The number of aromatic nitrogens is 2. The van der Waals surface area contributed by atoms with Gasteiger partial charge in [0, 0.05) is 5.56 Å². The highest BCUT2D eigenvalue weighted by Crippen LogP contribution is 2.22. The number of nitrogen functional groups attached to an aromatic ring is 1. The number of nitrogens with two attached hydrogens (primary N) is 1. The van der Waals surface area contributed by atoms with Crippen molar-refractivity contribution in [2.75, 3.05) is 18.2 Å². The summed E-state index contributed by atoms with van der Waals surface area (Å²) in [6, 6.07) is 4.79. The minimum atomic E-state index is -0.310. The van der Waals surface area contributed by atoms with Crippen LogP contribution in [0.25, 0.3) is 0 Å². The average Bonchev–Trinajstić information content (AvgIpc) is 2.42. The van der Waals surface area contributed by atoms with Gasteiger partial charge in [0.05, 0.1) is 25.2 Å². The first-order valence-electron chi connectivity index (χ1n) is 5.32. The molecule has 0 bridgehead atoms. The van der Waals surface area contributed by atoms with Gasteiger partial charge in [-0.1, -0.05) is 0 Å². The van der Waals surface area contributed by atoms with Crippen molar-refractivity contribution in [1.82, 2.24) is 9.97 Å². The van der Waals surface area contributed by atoms with E-state index in [2.05, 4.69) is 31.2 Å². The zero-order valence-electron chi connectivity index (χ0n) is 10.1. The van der Waals surface area contributed by atoms with E-state index in [1.54, 1.807) is 18.2 Å². The molecule has 0 saturated heterocycles. The summed E-state index contributed by atoms with van der Waals surface area (Å²) in [5.74, 6) is 0.508. The molecule has 1 aromatic heterocycles. The van der Waals surface area contributed by atoms with Crippen molar-refractivity contribution >= 4 is 33.3 Å². The summed E-state index contributed by atoms with van der Waals surface area (Å²) in [4.78, 5) is 20.0. The summed E-state index contributed by atoms with van der Waals surface area (Å²) >= 11 is 3.17. The summed E-state index contributed by atoms with van der Waals surface area (Å²) in [6.45, 7) is 0. The molecule has 0 aliphatic rings. The molecule has 2 rings (SSSR count). The Morgan fingerprint density at radius 1 is 1.37 bits per heavy atom. The molecule has 3 N–H and O–H groups in total. The molecule has 98 valence electrons. The molecule has 2 aromatic rings. The second kappa shape index (κ2) is 5.66. The number of anilines is 2. The Hall–Kier alpha value is -2.15. The van der Waals surface area contributed by atoms with Gasteiger partial charge in [-0.05, 0) is 34.1 Å². The molecule has 0 spiro atoms. The molecular weight excluding hydrogens is 312 g/mol. The first-order valence-corrected chi connectivity index (χ1v) is 6.12. The molecule has 19 heavy (non-hydrogen) atoms. The van der Waals surface area contributed by atoms with E-state index >= 15 is 0 Å². The highest BCUT2D eigenvalue weighted by atomic mass is 79.9. The lowest BCUT2D eigenvalue weighted by Crippen LogP contribution is -2.13. The van der Waals surface area contributed by atoms with Crippen molar-refractivity contribution in [3.05, 3.63) is 40.8 Å². The Kier molecular flexibility index (Phi) is 3.96. The maximum atomic E-state index is 12.0. The standard InChI is InChI=1S/C12H11BrN4O2/c1-19-9-4-7(2-3-8(9)14)12(18)17-11-6-15-10(13)5-16-11/h2-6H,14H2,1H3,(H,16,17,18). The molecule has 1 heterocycles. The SMILES string of the molecule is COc1cc(C(=O)Nc2cnc(Br)cn2)ccc1N. The van der Waals surface area contributed by atoms with Gasteiger partial charge >= 0.3 is 0 Å². The number of ether oxygens (including phenoxy) is 1. The van der Waals surface area contributed by atoms with E-state index in [9.17, 15) is 4.79 Å². The van der Waals surface area contributed by atoms with Gasteiger partial charge in [0.1, 0.15) is 10.4 Å². The quantitative estimate of drug-likeness (QED) is 0.844. The lowest BCUT2D eigenvalue weighted by molar-refractivity contribution is 0.102. The highest BCUT2D eigenvalue weighted by molar-refractivity contribution is 9.10. The lowest BCUT2D eigenvalue weighted by atomic mass is 10.2. The van der Waals surface area contributed by atoms with Crippen LogP contribution in [0.1, 0.15) is 10.4 Å². The molecule has 0 atom stereocenters. The fraction of sp³-hybridized carbons (Fsp3) is 0.0833. The van der Waals surface area contributed by atoms with E-state index in [0.29, 0.717) is 27.4 Å². The Morgan fingerprint density at radius 3 is 2.79 bits per heavy atom. The van der Waals surface area contributed by atoms with Crippen LogP contribution >= 0.6 is 15.9 Å². The summed E-state index contributed by atoms with van der Waals surface area (Å²) in [7, 11) is 1.49. The van der Waals surface area contributed by atoms with Crippen LogP contribution in [0.2, 0.25) is 0 Å². The maximum Gasteiger partial charge on any atom is 0.256 e. The molecule has 0 fully saturated rings. The highest BCUT2D eigenvalue weighted by Gasteiger charge is 2.10. The third-order valence-corrected chi connectivity index (χ3v) is 2.77. The van der Waals surface area contributed by atoms with Gasteiger partial charge in [-0.15, -0.1) is 0 Å². The zero-order valence-corrected chi connectivity index (χ0v) is 11.6. The van der Waals surface area contributed by atoms with Gasteiger partial charge in [-0.25, -0.2) is 9.97 Å². The fourth-order valence-electron chi connectivity index (χ4n) is 1.42. The van der Waals surface area contributed by atoms with Crippen molar-refractivity contribution in [2.45, 2.75) is 0 Å². The van der Waals surface area contributed by atoms with Crippen molar-refractivity contribution in [1.29, 1.82) is 0 Å². The van der Waals surface area contributed by atoms with Gasteiger partial charge < -0.3 is 15.8 Å². The number of carbonyl (C=O) groups is 1. The van der Waals surface area contributed by atoms with Crippen LogP contribution in [0.3, 0.4) is 0 Å². The van der Waals surface area contributed by atoms with Crippen molar-refractivity contribution < 1.29 is 9.53 Å². The van der Waals surface area contributed by atoms with Gasteiger partial charge in [0.25, 0.3) is 5.91 Å². The van der Waals surface area contributed by atoms with Gasteiger partial charge in [0.15, 0.2) is 5.82 Å². The average molecular weight is 323 g/mol. The normalized spacial score (nSPS) is 10.0. The Bertz CT molecular complexity index is 601. The third kappa shape index (κ3) is 3.19. The number of nitrogens with zero attached hydrogens (tertiary/aromatic N) is 2. The second-order valence-electron chi connectivity index (χ2n) is 3.64. The van der Waals surface area contributed by atoms with E-state index in [4.69, 9.17) is 10.5 Å². The number of halogens is 1. The first-order chi connectivity index (χ1) is 9.10. The molecule has 7 heteroatoms. The number of nitrogens with one attached hydrogen (secondary N) is 1. The Morgan fingerprint density at radius 2 is 2.16 bits per heavy atom. The van der Waals surface area contributed by atoms with Crippen LogP contribution in [0.4, 0.5) is 11.5 Å². The topological polar surface area (TPSA) is 90.1 Å². The van der Waals surface area contributed by atoms with E-state index in [0.717, 1.165) is 0 Å². The van der Waals surface area contributed by atoms with Crippen LogP contribution in [0.5, 0.6) is 5.75 Å². The molecule has 0 saturated carbocycles. The molecule has 6 nitrogen and oxygen atoms in total. The number of amides is 1. The zero-order chi connectivity index (χ0) is 13.8. The molecule has 0 aliphatic carbocycles. The van der Waals surface area contributed by atoms with Crippen molar-refractivity contribution in [2.24, 2.45) is 0 Å². The van der Waals surface area contributed by atoms with Crippen molar-refractivity contribution in [3.63, 3.8) is 0 Å². The molecule has 1 aromatic carbocycles.